The number of carbonyl (C=O) groups is 2. The number of halogens is 1. The quantitative estimate of drug-likeness (QED) is 0.637. The van der Waals surface area contributed by atoms with E-state index in [1.165, 1.54) is 6.20 Å². The number of nitrogens with one attached hydrogen (secondary N) is 1. The van der Waals surface area contributed by atoms with Crippen molar-refractivity contribution in [1.82, 2.24) is 4.90 Å². The van der Waals surface area contributed by atoms with Crippen molar-refractivity contribution in [3.05, 3.63) is 40.0 Å². The van der Waals surface area contributed by atoms with Crippen LogP contribution < -0.4 is 5.32 Å². The fourth-order valence-corrected chi connectivity index (χ4v) is 1.99. The Morgan fingerprint density at radius 3 is 2.65 bits per heavy atom. The van der Waals surface area contributed by atoms with Gasteiger partial charge in [0.05, 0.1) is 5.69 Å². The Labute approximate surface area is 107 Å². The molecule has 0 bridgehead atoms. The third-order valence-electron chi connectivity index (χ3n) is 2.35. The Hall–Kier alpha value is -1.62. The smallest absolute Gasteiger partial charge is 0.261 e. The molecule has 0 unspecified atom stereocenters. The minimum Gasteiger partial charge on any atom is -0.383 e. The zero-order valence-electron chi connectivity index (χ0n) is 9.45. The van der Waals surface area contributed by atoms with Crippen molar-refractivity contribution in [3.63, 3.8) is 0 Å². The van der Waals surface area contributed by atoms with Crippen LogP contribution >= 0.6 is 15.9 Å². The number of rotatable bonds is 1. The molecule has 0 saturated heterocycles. The molecule has 4 nitrogen and oxygen atoms in total. The van der Waals surface area contributed by atoms with Gasteiger partial charge in [-0.3, -0.25) is 9.59 Å². The Morgan fingerprint density at radius 2 is 2.00 bits per heavy atom. The maximum Gasteiger partial charge on any atom is 0.261 e. The van der Waals surface area contributed by atoms with Gasteiger partial charge in [0.25, 0.3) is 5.91 Å². The number of nitrogens with zero attached hydrogens (tertiary/aromatic N) is 1. The van der Waals surface area contributed by atoms with Crippen LogP contribution in [0.15, 0.2) is 34.4 Å². The molecule has 0 radical (unpaired) electrons. The number of anilines is 1. The summed E-state index contributed by atoms with van der Waals surface area (Å²) in [6.45, 7) is 0. The van der Waals surface area contributed by atoms with Crippen molar-refractivity contribution in [2.75, 3.05) is 19.4 Å². The summed E-state index contributed by atoms with van der Waals surface area (Å²) in [6.07, 6.45) is 1.53. The summed E-state index contributed by atoms with van der Waals surface area (Å²) in [4.78, 5) is 25.6. The van der Waals surface area contributed by atoms with Gasteiger partial charge in [-0.15, -0.1) is 0 Å². The molecular weight excluding hydrogens is 284 g/mol. The second-order valence-electron chi connectivity index (χ2n) is 3.98. The largest absolute Gasteiger partial charge is 0.383 e. The minimum absolute atomic E-state index is 0.157. The van der Waals surface area contributed by atoms with Gasteiger partial charge in [0.1, 0.15) is 5.57 Å². The van der Waals surface area contributed by atoms with Crippen LogP contribution in [0.1, 0.15) is 10.4 Å². The number of carbonyl (C=O) groups excluding carboxylic acids is 2. The third kappa shape index (κ3) is 2.24. The van der Waals surface area contributed by atoms with Crippen LogP contribution in [0.25, 0.3) is 0 Å². The summed E-state index contributed by atoms with van der Waals surface area (Å²) in [5, 5.41) is 2.70. The van der Waals surface area contributed by atoms with Gasteiger partial charge in [0.2, 0.25) is 5.78 Å². The summed E-state index contributed by atoms with van der Waals surface area (Å²) in [7, 11) is 3.54. The molecule has 1 aliphatic heterocycles. The molecule has 0 fully saturated rings. The monoisotopic (exact) mass is 294 g/mol. The van der Waals surface area contributed by atoms with Crippen molar-refractivity contribution in [3.8, 4) is 0 Å². The van der Waals surface area contributed by atoms with Crippen molar-refractivity contribution < 1.29 is 9.59 Å². The fourth-order valence-electron chi connectivity index (χ4n) is 1.63. The molecule has 0 atom stereocenters. The highest BCUT2D eigenvalue weighted by Gasteiger charge is 2.28. The molecule has 5 heteroatoms. The molecule has 0 aromatic heterocycles. The maximum atomic E-state index is 12.1. The average Bonchev–Trinajstić information content (AvgIpc) is 2.23. The number of fused-ring (bicyclic) bond motifs is 1. The van der Waals surface area contributed by atoms with Gasteiger partial charge in [-0.25, -0.2) is 0 Å². The highest BCUT2D eigenvalue weighted by Crippen LogP contribution is 2.28. The zero-order chi connectivity index (χ0) is 12.6. The van der Waals surface area contributed by atoms with Gasteiger partial charge >= 0.3 is 0 Å². The first-order chi connectivity index (χ1) is 7.99. The Kier molecular flexibility index (Phi) is 3.02. The predicted molar refractivity (Wildman–Crippen MR) is 68.9 cm³/mol. The standard InChI is InChI=1S/C12H11BrN2O2/c1-15(2)6-9-11(16)8-4-3-7(13)5-10(8)14-12(9)17/h3-6H,1-2H3,(H,14,17)/b9-6-. The second-order valence-corrected chi connectivity index (χ2v) is 4.90. The van der Waals surface area contributed by atoms with Gasteiger partial charge in [-0.2, -0.15) is 0 Å². The van der Waals surface area contributed by atoms with Gasteiger partial charge in [-0.1, -0.05) is 15.9 Å². The van der Waals surface area contributed by atoms with E-state index in [9.17, 15) is 9.59 Å². The third-order valence-corrected chi connectivity index (χ3v) is 2.84. The molecule has 88 valence electrons. The van der Waals surface area contributed by atoms with Crippen LogP contribution in [-0.4, -0.2) is 30.7 Å². The van der Waals surface area contributed by atoms with Crippen LogP contribution in [0, 0.1) is 0 Å². The number of hydrogen-bond donors (Lipinski definition) is 1. The fraction of sp³-hybridized carbons (Fsp3) is 0.167. The maximum absolute atomic E-state index is 12.1. The molecule has 1 N–H and O–H groups in total. The molecule has 2 rings (SSSR count). The number of ketones is 1. The molecule has 1 aromatic carbocycles. The molecule has 17 heavy (non-hydrogen) atoms. The zero-order valence-corrected chi connectivity index (χ0v) is 11.0. The number of amides is 1. The Morgan fingerprint density at radius 1 is 1.29 bits per heavy atom. The second kappa shape index (κ2) is 4.33. The average molecular weight is 295 g/mol. The van der Waals surface area contributed by atoms with Crippen molar-refractivity contribution in [1.29, 1.82) is 0 Å². The summed E-state index contributed by atoms with van der Waals surface area (Å²) in [6, 6.07) is 5.20. The van der Waals surface area contributed by atoms with Crippen molar-refractivity contribution in [2.24, 2.45) is 0 Å². The first-order valence-corrected chi connectivity index (χ1v) is 5.82. The normalized spacial score (nSPS) is 16.8. The number of benzene rings is 1. The van der Waals surface area contributed by atoms with Crippen molar-refractivity contribution in [2.45, 2.75) is 0 Å². The van der Waals surface area contributed by atoms with E-state index in [-0.39, 0.29) is 17.3 Å². The van der Waals surface area contributed by atoms with E-state index in [4.69, 9.17) is 0 Å². The van der Waals surface area contributed by atoms with Crippen LogP contribution in [0.2, 0.25) is 0 Å². The van der Waals surface area contributed by atoms with Crippen LogP contribution in [0.3, 0.4) is 0 Å². The van der Waals surface area contributed by atoms with Gasteiger partial charge < -0.3 is 10.2 Å². The highest BCUT2D eigenvalue weighted by molar-refractivity contribution is 9.10. The van der Waals surface area contributed by atoms with E-state index in [0.717, 1.165) is 4.47 Å². The first kappa shape index (κ1) is 11.9. The van der Waals surface area contributed by atoms with E-state index in [1.54, 1.807) is 37.2 Å². The summed E-state index contributed by atoms with van der Waals surface area (Å²) in [5.41, 5.74) is 1.22. The Bertz CT molecular complexity index is 535. The molecule has 1 heterocycles. The van der Waals surface area contributed by atoms with Gasteiger partial charge in [0.15, 0.2) is 0 Å². The lowest BCUT2D eigenvalue weighted by atomic mass is 9.97. The summed E-state index contributed by atoms with van der Waals surface area (Å²) >= 11 is 3.30. The van der Waals surface area contributed by atoms with E-state index in [0.29, 0.717) is 11.3 Å². The molecule has 0 saturated carbocycles. The summed E-state index contributed by atoms with van der Waals surface area (Å²) < 4.78 is 0.824. The van der Waals surface area contributed by atoms with Gasteiger partial charge in [0, 0.05) is 30.3 Å². The van der Waals surface area contributed by atoms with Crippen LogP contribution in [0.4, 0.5) is 5.69 Å². The number of Topliss-reactive ketones (excluding diaryl/α,β-unsaturated/α-hetero) is 1. The summed E-state index contributed by atoms with van der Waals surface area (Å²) in [5.74, 6) is -0.612. The molecule has 1 amide bonds. The first-order valence-electron chi connectivity index (χ1n) is 5.03. The predicted octanol–water partition coefficient (Wildman–Crippen LogP) is 2.03. The van der Waals surface area contributed by atoms with Crippen molar-refractivity contribution >= 4 is 33.3 Å². The molecule has 1 aliphatic rings. The van der Waals surface area contributed by atoms with Crippen LogP contribution in [0.5, 0.6) is 0 Å². The van der Waals surface area contributed by atoms with Crippen LogP contribution in [-0.2, 0) is 4.79 Å². The molecular formula is C12H11BrN2O2. The lowest BCUT2D eigenvalue weighted by Gasteiger charge is -2.19. The minimum atomic E-state index is -0.366. The molecule has 0 aliphatic carbocycles. The van der Waals surface area contributed by atoms with E-state index < -0.39 is 0 Å². The van der Waals surface area contributed by atoms with Gasteiger partial charge in [-0.05, 0) is 18.2 Å². The lowest BCUT2D eigenvalue weighted by molar-refractivity contribution is -0.112. The molecule has 1 aromatic rings. The van der Waals surface area contributed by atoms with E-state index in [2.05, 4.69) is 21.2 Å². The highest BCUT2D eigenvalue weighted by atomic mass is 79.9. The van der Waals surface area contributed by atoms with E-state index >= 15 is 0 Å². The van der Waals surface area contributed by atoms with E-state index in [1.807, 2.05) is 0 Å². The lowest BCUT2D eigenvalue weighted by Crippen LogP contribution is -2.28. The Balaban J connectivity index is 2.51. The SMILES string of the molecule is CN(C)/C=C1\C(=O)Nc2cc(Br)ccc2C1=O. The topological polar surface area (TPSA) is 49.4 Å². The number of hydrogen-bond acceptors (Lipinski definition) is 3. The molecule has 0 spiro atoms.